The number of hydrogen-bond donors (Lipinski definition) is 2. The van der Waals surface area contributed by atoms with Gasteiger partial charge in [-0.15, -0.1) is 0 Å². The maximum Gasteiger partial charge on any atom is 0.268 e. The molecule has 0 spiro atoms. The molecule has 0 aliphatic carbocycles. The topological polar surface area (TPSA) is 108 Å². The molecule has 8 nitrogen and oxygen atoms in total. The largest absolute Gasteiger partial charge is 0.756 e. The van der Waals surface area contributed by atoms with Gasteiger partial charge in [0.2, 0.25) is 5.91 Å². The van der Waals surface area contributed by atoms with Crippen molar-refractivity contribution in [2.24, 2.45) is 0 Å². The summed E-state index contributed by atoms with van der Waals surface area (Å²) >= 11 is 0. The van der Waals surface area contributed by atoms with Crippen LogP contribution in [0.15, 0.2) is 72.9 Å². The number of likely N-dealkylation sites (N-methyl/N-ethyl adjacent to an activating group) is 1. The van der Waals surface area contributed by atoms with Crippen molar-refractivity contribution >= 4 is 13.7 Å². The lowest BCUT2D eigenvalue weighted by molar-refractivity contribution is -0.870. The minimum Gasteiger partial charge on any atom is -0.756 e. The molecule has 65 heavy (non-hydrogen) atoms. The van der Waals surface area contributed by atoms with Gasteiger partial charge >= 0.3 is 0 Å². The second-order valence-electron chi connectivity index (χ2n) is 19.2. The van der Waals surface area contributed by atoms with Crippen LogP contribution in [0.4, 0.5) is 0 Å². The lowest BCUT2D eigenvalue weighted by atomic mass is 10.0. The van der Waals surface area contributed by atoms with Crippen LogP contribution in [0.3, 0.4) is 0 Å². The first-order chi connectivity index (χ1) is 31.5. The summed E-state index contributed by atoms with van der Waals surface area (Å²) in [4.78, 5) is 25.4. The first-order valence-electron chi connectivity index (χ1n) is 26.8. The number of nitrogens with one attached hydrogen (secondary N) is 1. The number of phosphoric acid groups is 1. The number of unbranched alkanes of at least 4 members (excludes halogenated alkanes) is 25. The van der Waals surface area contributed by atoms with Gasteiger partial charge in [0.05, 0.1) is 39.9 Å². The van der Waals surface area contributed by atoms with Gasteiger partial charge in [0.1, 0.15) is 13.2 Å². The Morgan fingerprint density at radius 1 is 0.538 bits per heavy atom. The van der Waals surface area contributed by atoms with E-state index in [2.05, 4.69) is 79.9 Å². The molecule has 0 aromatic carbocycles. The van der Waals surface area contributed by atoms with E-state index < -0.39 is 26.6 Å². The summed E-state index contributed by atoms with van der Waals surface area (Å²) in [6.45, 7) is 4.60. The molecule has 0 fully saturated rings. The Hall–Kier alpha value is -2.06. The summed E-state index contributed by atoms with van der Waals surface area (Å²) < 4.78 is 23.3. The van der Waals surface area contributed by atoms with Crippen LogP contribution in [0.25, 0.3) is 0 Å². The molecule has 378 valence electrons. The van der Waals surface area contributed by atoms with E-state index in [0.717, 1.165) is 70.6 Å². The molecule has 0 aliphatic heterocycles. The zero-order valence-corrected chi connectivity index (χ0v) is 43.8. The fourth-order valence-corrected chi connectivity index (χ4v) is 8.09. The smallest absolute Gasteiger partial charge is 0.268 e. The minimum atomic E-state index is -4.61. The number of hydrogen-bond acceptors (Lipinski definition) is 6. The van der Waals surface area contributed by atoms with Crippen molar-refractivity contribution in [3.63, 3.8) is 0 Å². The molecule has 0 bridgehead atoms. The molecule has 0 rings (SSSR count). The monoisotopic (exact) mass is 931 g/mol. The summed E-state index contributed by atoms with van der Waals surface area (Å²) in [5.41, 5.74) is 0. The molecular formula is C56H103N2O6P. The number of carbonyl (C=O) groups is 1. The van der Waals surface area contributed by atoms with E-state index in [1.54, 1.807) is 6.08 Å². The van der Waals surface area contributed by atoms with Gasteiger partial charge < -0.3 is 28.8 Å². The molecule has 0 radical (unpaired) electrons. The van der Waals surface area contributed by atoms with Crippen molar-refractivity contribution in [2.75, 3.05) is 40.9 Å². The molecule has 0 aliphatic rings. The summed E-state index contributed by atoms with van der Waals surface area (Å²) in [5.74, 6) is -0.225. The lowest BCUT2D eigenvalue weighted by Crippen LogP contribution is -2.45. The van der Waals surface area contributed by atoms with Gasteiger partial charge in [0, 0.05) is 6.42 Å². The average molecular weight is 931 g/mol. The Morgan fingerprint density at radius 3 is 1.35 bits per heavy atom. The highest BCUT2D eigenvalue weighted by Gasteiger charge is 2.23. The van der Waals surface area contributed by atoms with Crippen molar-refractivity contribution in [3.8, 4) is 0 Å². The normalized spacial score (nSPS) is 14.6. The number of aliphatic hydroxyl groups excluding tert-OH is 1. The third kappa shape index (κ3) is 49.7. The first-order valence-corrected chi connectivity index (χ1v) is 28.3. The Kier molecular flexibility index (Phi) is 45.5. The zero-order chi connectivity index (χ0) is 47.8. The molecule has 0 saturated heterocycles. The van der Waals surface area contributed by atoms with E-state index in [1.165, 1.54) is 135 Å². The van der Waals surface area contributed by atoms with Gasteiger partial charge in [0.15, 0.2) is 0 Å². The Bertz CT molecular complexity index is 1290. The molecule has 3 atom stereocenters. The predicted octanol–water partition coefficient (Wildman–Crippen LogP) is 15.3. The van der Waals surface area contributed by atoms with Crippen LogP contribution in [0.2, 0.25) is 0 Å². The second-order valence-corrected chi connectivity index (χ2v) is 20.6. The molecule has 0 heterocycles. The van der Waals surface area contributed by atoms with E-state index in [0.29, 0.717) is 17.4 Å². The van der Waals surface area contributed by atoms with Crippen molar-refractivity contribution < 1.29 is 32.9 Å². The van der Waals surface area contributed by atoms with Gasteiger partial charge in [-0.05, 0) is 83.5 Å². The van der Waals surface area contributed by atoms with Crippen molar-refractivity contribution in [3.05, 3.63) is 72.9 Å². The summed E-state index contributed by atoms with van der Waals surface area (Å²) in [6.07, 6.45) is 63.9. The number of aliphatic hydroxyl groups is 1. The molecule has 2 N–H and O–H groups in total. The summed E-state index contributed by atoms with van der Waals surface area (Å²) in [7, 11) is 1.22. The Balaban J connectivity index is 4.41. The Labute approximate surface area is 402 Å². The van der Waals surface area contributed by atoms with Gasteiger partial charge in [-0.25, -0.2) is 0 Å². The van der Waals surface area contributed by atoms with Crippen molar-refractivity contribution in [1.29, 1.82) is 0 Å². The molecule has 0 aromatic heterocycles. The molecule has 1 amide bonds. The number of phosphoric ester groups is 1. The van der Waals surface area contributed by atoms with Crippen molar-refractivity contribution in [1.82, 2.24) is 5.32 Å². The third-order valence-electron chi connectivity index (χ3n) is 11.6. The van der Waals surface area contributed by atoms with E-state index in [-0.39, 0.29) is 12.5 Å². The number of allylic oxidation sites excluding steroid dienone is 11. The first kappa shape index (κ1) is 62.9. The quantitative estimate of drug-likeness (QED) is 0.0272. The van der Waals surface area contributed by atoms with E-state index >= 15 is 0 Å². The fourth-order valence-electron chi connectivity index (χ4n) is 7.37. The molecule has 0 saturated carbocycles. The van der Waals surface area contributed by atoms with E-state index in [9.17, 15) is 19.4 Å². The molecular weight excluding hydrogens is 828 g/mol. The molecule has 9 heteroatoms. The van der Waals surface area contributed by atoms with E-state index in [1.807, 2.05) is 27.2 Å². The lowest BCUT2D eigenvalue weighted by Gasteiger charge is -2.29. The van der Waals surface area contributed by atoms with Gasteiger partial charge in [0.25, 0.3) is 7.82 Å². The molecule has 0 aromatic rings. The SMILES string of the molecule is CCCCCCC/C=C\C/C=C\C/C=C\CCCCCCCCC(=O)NC(COP(=O)([O-])OCC[N+](C)(C)C)C(O)/C=C/CC/C=C/CC/C=C/CCCCCCCCCCCCCC. The van der Waals surface area contributed by atoms with Crippen molar-refractivity contribution in [2.45, 2.75) is 238 Å². The number of quaternary nitrogens is 1. The van der Waals surface area contributed by atoms with Crippen LogP contribution in [0.1, 0.15) is 226 Å². The standard InChI is InChI=1S/C56H103N2O6P/c1-6-8-10-12-14-16-18-20-22-24-26-28-30-31-33-35-37-39-41-43-45-47-49-55(59)54(53-64-65(61,62)63-52-51-58(3,4)5)57-56(60)50-48-46-44-42-40-38-36-34-32-29-27-25-23-21-19-17-15-13-11-9-7-2/h19,21,25,27,31-34,39,41,47,49,54-55,59H,6-18,20,22-24,26,28-30,35-38,40,42-46,48,50-53H2,1-5H3,(H-,57,60,61,62)/b21-19-,27-25-,33-31+,34-32-,41-39+,49-47+. The third-order valence-corrected chi connectivity index (χ3v) is 12.6. The van der Waals surface area contributed by atoms with E-state index in [4.69, 9.17) is 9.05 Å². The fraction of sp³-hybridized carbons (Fsp3) is 0.768. The van der Waals surface area contributed by atoms with Crippen LogP contribution < -0.4 is 10.2 Å². The predicted molar refractivity (Wildman–Crippen MR) is 279 cm³/mol. The van der Waals surface area contributed by atoms with Gasteiger partial charge in [-0.1, -0.05) is 209 Å². The summed E-state index contributed by atoms with van der Waals surface area (Å²) in [6, 6.07) is -0.921. The number of nitrogens with zero attached hydrogens (tertiary/aromatic N) is 1. The number of amides is 1. The van der Waals surface area contributed by atoms with Gasteiger partial charge in [-0.3, -0.25) is 9.36 Å². The van der Waals surface area contributed by atoms with Crippen LogP contribution in [-0.2, 0) is 18.4 Å². The average Bonchev–Trinajstić information content (AvgIpc) is 3.26. The highest BCUT2D eigenvalue weighted by molar-refractivity contribution is 7.45. The van der Waals surface area contributed by atoms with Crippen LogP contribution in [0.5, 0.6) is 0 Å². The molecule has 3 unspecified atom stereocenters. The maximum atomic E-state index is 12.9. The zero-order valence-electron chi connectivity index (χ0n) is 42.9. The van der Waals surface area contributed by atoms with Crippen LogP contribution in [0, 0.1) is 0 Å². The highest BCUT2D eigenvalue weighted by Crippen LogP contribution is 2.38. The van der Waals surface area contributed by atoms with Crippen LogP contribution >= 0.6 is 7.82 Å². The highest BCUT2D eigenvalue weighted by atomic mass is 31.2. The second kappa shape index (κ2) is 47.0. The minimum absolute atomic E-state index is 0.0149. The Morgan fingerprint density at radius 2 is 0.908 bits per heavy atom. The number of rotatable bonds is 48. The van der Waals surface area contributed by atoms with Gasteiger partial charge in [-0.2, -0.15) is 0 Å². The maximum absolute atomic E-state index is 12.9. The van der Waals surface area contributed by atoms with Crippen LogP contribution in [-0.4, -0.2) is 68.5 Å². The summed E-state index contributed by atoms with van der Waals surface area (Å²) in [5, 5.41) is 13.8. The number of carbonyl (C=O) groups excluding carboxylic acids is 1.